The van der Waals surface area contributed by atoms with E-state index in [1.54, 1.807) is 32.0 Å². The zero-order chi connectivity index (χ0) is 15.3. The van der Waals surface area contributed by atoms with Crippen LogP contribution in [0.1, 0.15) is 30.6 Å². The first-order valence-corrected chi connectivity index (χ1v) is 6.04. The molecule has 0 bridgehead atoms. The number of nitrogens with zero attached hydrogens (tertiary/aromatic N) is 1. The number of oxime groups is 1. The minimum atomic E-state index is -1.14. The molecule has 0 saturated heterocycles. The Bertz CT molecular complexity index is 556. The molecule has 7 heteroatoms. The van der Waals surface area contributed by atoms with E-state index < -0.39 is 17.2 Å². The Morgan fingerprint density at radius 1 is 1.40 bits per heavy atom. The van der Waals surface area contributed by atoms with Crippen molar-refractivity contribution in [3.63, 3.8) is 0 Å². The van der Waals surface area contributed by atoms with Crippen LogP contribution in [0.25, 0.3) is 0 Å². The standard InChI is InChI=1S/C13H18N4O3/c1-3-13(2,11(15)17-20)12(19)16-9-6-4-5-8(7-9)10(14)18/h4-7,20H,3H2,1-2H3,(H2,14,18)(H2,15,17)(H,16,19). The molecule has 1 aromatic rings. The van der Waals surface area contributed by atoms with Crippen LogP contribution in [0.3, 0.4) is 0 Å². The van der Waals surface area contributed by atoms with Crippen LogP contribution >= 0.6 is 0 Å². The fourth-order valence-electron chi connectivity index (χ4n) is 1.59. The Morgan fingerprint density at radius 3 is 2.55 bits per heavy atom. The summed E-state index contributed by atoms with van der Waals surface area (Å²) in [5.74, 6) is -1.20. The van der Waals surface area contributed by atoms with Gasteiger partial charge in [0, 0.05) is 11.3 Å². The summed E-state index contributed by atoms with van der Waals surface area (Å²) in [7, 11) is 0. The lowest BCUT2D eigenvalue weighted by atomic mass is 9.85. The molecule has 7 nitrogen and oxygen atoms in total. The molecule has 6 N–H and O–H groups in total. The summed E-state index contributed by atoms with van der Waals surface area (Å²) in [6.45, 7) is 3.31. The number of rotatable bonds is 5. The maximum absolute atomic E-state index is 12.2. The van der Waals surface area contributed by atoms with Gasteiger partial charge in [0.25, 0.3) is 0 Å². The van der Waals surface area contributed by atoms with Crippen LogP contribution in [0.15, 0.2) is 29.4 Å². The summed E-state index contributed by atoms with van der Waals surface area (Å²) >= 11 is 0. The number of amidine groups is 1. The van der Waals surface area contributed by atoms with Gasteiger partial charge in [0.1, 0.15) is 5.41 Å². The first-order chi connectivity index (χ1) is 9.35. The number of carbonyl (C=O) groups is 2. The second-order valence-corrected chi connectivity index (χ2v) is 4.57. The van der Waals surface area contributed by atoms with Crippen LogP contribution in [0, 0.1) is 5.41 Å². The quantitative estimate of drug-likeness (QED) is 0.275. The third kappa shape index (κ3) is 3.05. The second-order valence-electron chi connectivity index (χ2n) is 4.57. The van der Waals surface area contributed by atoms with Gasteiger partial charge >= 0.3 is 0 Å². The van der Waals surface area contributed by atoms with Crippen LogP contribution in [0.2, 0.25) is 0 Å². The lowest BCUT2D eigenvalue weighted by molar-refractivity contribution is -0.121. The highest BCUT2D eigenvalue weighted by Crippen LogP contribution is 2.24. The molecule has 0 saturated carbocycles. The minimum Gasteiger partial charge on any atom is -0.409 e. The van der Waals surface area contributed by atoms with E-state index in [4.69, 9.17) is 16.7 Å². The highest BCUT2D eigenvalue weighted by atomic mass is 16.4. The molecular formula is C13H18N4O3. The van der Waals surface area contributed by atoms with E-state index in [9.17, 15) is 9.59 Å². The molecule has 1 unspecified atom stereocenters. The lowest BCUT2D eigenvalue weighted by Crippen LogP contribution is -2.44. The average Bonchev–Trinajstić information content (AvgIpc) is 2.45. The van der Waals surface area contributed by atoms with E-state index in [1.165, 1.54) is 6.07 Å². The summed E-state index contributed by atoms with van der Waals surface area (Å²) < 4.78 is 0. The van der Waals surface area contributed by atoms with Crippen molar-refractivity contribution in [3.8, 4) is 0 Å². The largest absolute Gasteiger partial charge is 0.409 e. The molecule has 1 aromatic carbocycles. The van der Waals surface area contributed by atoms with E-state index in [-0.39, 0.29) is 11.4 Å². The van der Waals surface area contributed by atoms with Gasteiger partial charge in [-0.05, 0) is 31.5 Å². The summed E-state index contributed by atoms with van der Waals surface area (Å²) in [6.07, 6.45) is 0.351. The Hall–Kier alpha value is -2.57. The van der Waals surface area contributed by atoms with Gasteiger partial charge in [-0.3, -0.25) is 9.59 Å². The predicted molar refractivity (Wildman–Crippen MR) is 75.4 cm³/mol. The number of nitrogens with one attached hydrogen (secondary N) is 1. The highest BCUT2D eigenvalue weighted by Gasteiger charge is 2.36. The van der Waals surface area contributed by atoms with E-state index >= 15 is 0 Å². The van der Waals surface area contributed by atoms with Crippen molar-refractivity contribution in [1.82, 2.24) is 0 Å². The fourth-order valence-corrected chi connectivity index (χ4v) is 1.59. The van der Waals surface area contributed by atoms with E-state index in [0.29, 0.717) is 12.1 Å². The molecule has 0 aliphatic rings. The van der Waals surface area contributed by atoms with Crippen molar-refractivity contribution in [3.05, 3.63) is 29.8 Å². The molecule has 1 rings (SSSR count). The van der Waals surface area contributed by atoms with E-state index in [1.807, 2.05) is 0 Å². The van der Waals surface area contributed by atoms with Crippen molar-refractivity contribution < 1.29 is 14.8 Å². The molecule has 0 aromatic heterocycles. The van der Waals surface area contributed by atoms with Crippen molar-refractivity contribution in [2.45, 2.75) is 20.3 Å². The maximum atomic E-state index is 12.2. The molecule has 0 spiro atoms. The minimum absolute atomic E-state index is 0.177. The Kier molecular flexibility index (Phi) is 4.68. The number of hydrogen-bond donors (Lipinski definition) is 4. The second kappa shape index (κ2) is 6.05. The van der Waals surface area contributed by atoms with Gasteiger partial charge in [-0.15, -0.1) is 0 Å². The molecule has 1 atom stereocenters. The number of carbonyl (C=O) groups excluding carboxylic acids is 2. The Labute approximate surface area is 116 Å². The third-order valence-corrected chi connectivity index (χ3v) is 3.29. The van der Waals surface area contributed by atoms with Gasteiger partial charge in [-0.2, -0.15) is 0 Å². The Balaban J connectivity index is 3.00. The predicted octanol–water partition coefficient (Wildman–Crippen LogP) is 0.887. The molecule has 2 amide bonds. The molecule has 0 radical (unpaired) electrons. The fraction of sp³-hybridized carbons (Fsp3) is 0.308. The summed E-state index contributed by atoms with van der Waals surface area (Å²) in [5.41, 5.74) is 10.3. The first kappa shape index (κ1) is 15.5. The maximum Gasteiger partial charge on any atom is 0.248 e. The number of anilines is 1. The molecule has 108 valence electrons. The van der Waals surface area contributed by atoms with Crippen molar-refractivity contribution >= 4 is 23.3 Å². The zero-order valence-corrected chi connectivity index (χ0v) is 11.4. The molecule has 0 aliphatic carbocycles. The molecule has 0 aliphatic heterocycles. The molecule has 20 heavy (non-hydrogen) atoms. The lowest BCUT2D eigenvalue weighted by Gasteiger charge is -2.25. The van der Waals surface area contributed by atoms with Gasteiger partial charge in [-0.25, -0.2) is 0 Å². The highest BCUT2D eigenvalue weighted by molar-refractivity contribution is 6.11. The molecule has 0 fully saturated rings. The van der Waals surface area contributed by atoms with Gasteiger partial charge in [-0.1, -0.05) is 18.1 Å². The van der Waals surface area contributed by atoms with Crippen molar-refractivity contribution in [1.29, 1.82) is 0 Å². The van der Waals surface area contributed by atoms with Crippen LogP contribution in [-0.2, 0) is 4.79 Å². The molecular weight excluding hydrogens is 260 g/mol. The number of amides is 2. The number of primary amides is 1. The smallest absolute Gasteiger partial charge is 0.248 e. The number of hydrogen-bond acceptors (Lipinski definition) is 4. The SMILES string of the molecule is CCC(C)(C(=O)Nc1cccc(C(N)=O)c1)/C(N)=N/O. The normalized spacial score (nSPS) is 14.4. The van der Waals surface area contributed by atoms with Gasteiger partial charge in [0.2, 0.25) is 11.8 Å². The summed E-state index contributed by atoms with van der Waals surface area (Å²) in [6, 6.07) is 6.22. The van der Waals surface area contributed by atoms with E-state index in [2.05, 4.69) is 10.5 Å². The number of nitrogens with two attached hydrogens (primary N) is 2. The van der Waals surface area contributed by atoms with Gasteiger partial charge in [0.05, 0.1) is 0 Å². The zero-order valence-electron chi connectivity index (χ0n) is 11.4. The van der Waals surface area contributed by atoms with E-state index in [0.717, 1.165) is 0 Å². The average molecular weight is 278 g/mol. The Morgan fingerprint density at radius 2 is 2.05 bits per heavy atom. The van der Waals surface area contributed by atoms with Crippen LogP contribution < -0.4 is 16.8 Å². The molecule has 0 heterocycles. The van der Waals surface area contributed by atoms with Gasteiger partial charge in [0.15, 0.2) is 5.84 Å². The van der Waals surface area contributed by atoms with Gasteiger partial charge < -0.3 is 22.0 Å². The first-order valence-electron chi connectivity index (χ1n) is 6.04. The van der Waals surface area contributed by atoms with Crippen molar-refractivity contribution in [2.24, 2.45) is 22.0 Å². The summed E-state index contributed by atoms with van der Waals surface area (Å²) in [4.78, 5) is 23.3. The monoisotopic (exact) mass is 278 g/mol. The topological polar surface area (TPSA) is 131 Å². The summed E-state index contributed by atoms with van der Waals surface area (Å²) in [5, 5.41) is 14.3. The van der Waals surface area contributed by atoms with Crippen molar-refractivity contribution in [2.75, 3.05) is 5.32 Å². The van der Waals surface area contributed by atoms with Crippen LogP contribution in [0.5, 0.6) is 0 Å². The third-order valence-electron chi connectivity index (χ3n) is 3.29. The van der Waals surface area contributed by atoms with Crippen LogP contribution in [0.4, 0.5) is 5.69 Å². The number of benzene rings is 1. The van der Waals surface area contributed by atoms with Crippen LogP contribution in [-0.4, -0.2) is 22.9 Å².